The number of hydrogen-bond donors (Lipinski definition) is 0. The lowest BCUT2D eigenvalue weighted by Crippen LogP contribution is -2.55. The number of benzene rings is 2. The molecule has 5 aliphatic rings. The van der Waals surface area contributed by atoms with E-state index >= 15 is 0 Å². The molecule has 2 nitrogen and oxygen atoms in total. The molecule has 6 atom stereocenters. The van der Waals surface area contributed by atoms with E-state index in [1.165, 1.54) is 88.1 Å². The van der Waals surface area contributed by atoms with Gasteiger partial charge in [0.1, 0.15) is 0 Å². The van der Waals surface area contributed by atoms with Crippen molar-refractivity contribution in [3.8, 4) is 0 Å². The Bertz CT molecular complexity index is 1250. The lowest BCUT2D eigenvalue weighted by Gasteiger charge is -2.55. The highest BCUT2D eigenvalue weighted by molar-refractivity contribution is 5.83. The van der Waals surface area contributed by atoms with Gasteiger partial charge in [0.15, 0.2) is 0 Å². The molecule has 0 N–H and O–H groups in total. The third kappa shape index (κ3) is 3.51. The van der Waals surface area contributed by atoms with Gasteiger partial charge in [0.2, 0.25) is 0 Å². The van der Waals surface area contributed by atoms with Crippen molar-refractivity contribution in [1.29, 1.82) is 0 Å². The van der Waals surface area contributed by atoms with Crippen LogP contribution in [0.2, 0.25) is 0 Å². The molecule has 2 bridgehead atoms. The van der Waals surface area contributed by atoms with E-state index in [-0.39, 0.29) is 16.6 Å². The molecule has 2 aliphatic heterocycles. The molecule has 2 heteroatoms. The second kappa shape index (κ2) is 8.82. The SMILES string of the molecule is CCCN(CCC)[C@@H]1CCC2=CC3=CC[C@]4(C)[C@@H](c5ccc6ccccc6c5)CC[C@H]4[C@@]34CCC2(C1)O4. The topological polar surface area (TPSA) is 12.5 Å². The monoisotopic (exact) mass is 495 g/mol. The molecule has 37 heavy (non-hydrogen) atoms. The Balaban J connectivity index is 1.21. The average Bonchev–Trinajstić information content (AvgIpc) is 3.43. The van der Waals surface area contributed by atoms with E-state index in [2.05, 4.69) is 80.3 Å². The zero-order chi connectivity index (χ0) is 25.3. The Labute approximate surface area is 224 Å². The quantitative estimate of drug-likeness (QED) is 0.398. The Hall–Kier alpha value is -1.90. The predicted molar refractivity (Wildman–Crippen MR) is 154 cm³/mol. The van der Waals surface area contributed by atoms with Crippen LogP contribution in [0.25, 0.3) is 10.8 Å². The van der Waals surface area contributed by atoms with Crippen molar-refractivity contribution in [2.75, 3.05) is 13.1 Å². The van der Waals surface area contributed by atoms with Crippen LogP contribution in [0, 0.1) is 11.3 Å². The molecular weight excluding hydrogens is 450 g/mol. The molecule has 196 valence electrons. The van der Waals surface area contributed by atoms with E-state index in [0.717, 1.165) is 0 Å². The average molecular weight is 496 g/mol. The van der Waals surface area contributed by atoms with Gasteiger partial charge in [-0.2, -0.15) is 0 Å². The number of rotatable bonds is 6. The number of nitrogens with zero attached hydrogens (tertiary/aromatic N) is 1. The highest BCUT2D eigenvalue weighted by Crippen LogP contribution is 2.69. The maximum absolute atomic E-state index is 7.59. The third-order valence-corrected chi connectivity index (χ3v) is 11.4. The van der Waals surface area contributed by atoms with Crippen LogP contribution in [-0.2, 0) is 4.74 Å². The number of ether oxygens (including phenoxy) is 1. The smallest absolute Gasteiger partial charge is 0.0974 e. The predicted octanol–water partition coefficient (Wildman–Crippen LogP) is 8.57. The zero-order valence-corrected chi connectivity index (χ0v) is 23.3. The van der Waals surface area contributed by atoms with Crippen LogP contribution in [0.3, 0.4) is 0 Å². The van der Waals surface area contributed by atoms with Crippen molar-refractivity contribution >= 4 is 10.8 Å². The van der Waals surface area contributed by atoms with Crippen molar-refractivity contribution in [2.24, 2.45) is 11.3 Å². The minimum atomic E-state index is -0.0513. The second-order valence-electron chi connectivity index (χ2n) is 13.2. The van der Waals surface area contributed by atoms with Gasteiger partial charge >= 0.3 is 0 Å². The summed E-state index contributed by atoms with van der Waals surface area (Å²) in [5.41, 5.74) is 4.94. The van der Waals surface area contributed by atoms with Crippen molar-refractivity contribution in [3.05, 3.63) is 71.3 Å². The molecule has 0 amide bonds. The minimum Gasteiger partial charge on any atom is -0.359 e. The molecule has 2 heterocycles. The Morgan fingerprint density at radius 1 is 0.946 bits per heavy atom. The molecule has 2 aromatic rings. The van der Waals surface area contributed by atoms with Crippen LogP contribution in [0.15, 0.2) is 65.8 Å². The fourth-order valence-electron chi connectivity index (χ4n) is 9.72. The maximum Gasteiger partial charge on any atom is 0.0974 e. The van der Waals surface area contributed by atoms with Crippen LogP contribution in [0.4, 0.5) is 0 Å². The van der Waals surface area contributed by atoms with Crippen molar-refractivity contribution < 1.29 is 4.74 Å². The van der Waals surface area contributed by atoms with Crippen molar-refractivity contribution in [1.82, 2.24) is 4.90 Å². The second-order valence-corrected chi connectivity index (χ2v) is 13.2. The standard InChI is InChI=1S/C35H45NO/c1-4-20-36(21-5-2)30-13-12-28-23-29-16-17-33(3)31(27-11-10-25-8-6-7-9-26(25)22-27)14-15-32(33)35(29)19-18-34(28,24-30)37-35/h6-11,16,22-23,30-32H,4-5,12-15,17-21,24H2,1-3H3/t30-,31-,32-,33-,34?,35-/m1/s1. The van der Waals surface area contributed by atoms with Gasteiger partial charge < -0.3 is 9.64 Å². The fraction of sp³-hybridized carbons (Fsp3) is 0.600. The van der Waals surface area contributed by atoms with Gasteiger partial charge in [-0.1, -0.05) is 75.4 Å². The number of hydrogen-bond acceptors (Lipinski definition) is 2. The van der Waals surface area contributed by atoms with Gasteiger partial charge in [-0.3, -0.25) is 0 Å². The van der Waals surface area contributed by atoms with E-state index in [4.69, 9.17) is 4.74 Å². The highest BCUT2D eigenvalue weighted by atomic mass is 16.5. The summed E-state index contributed by atoms with van der Waals surface area (Å²) in [5, 5.41) is 2.74. The van der Waals surface area contributed by atoms with Crippen LogP contribution in [-0.4, -0.2) is 35.2 Å². The molecule has 3 aliphatic carbocycles. The molecule has 7 rings (SSSR count). The summed E-state index contributed by atoms with van der Waals surface area (Å²) in [4.78, 5) is 2.79. The summed E-state index contributed by atoms with van der Waals surface area (Å²) in [6.07, 6.45) is 17.7. The summed E-state index contributed by atoms with van der Waals surface area (Å²) in [6, 6.07) is 16.8. The molecule has 1 saturated heterocycles. The van der Waals surface area contributed by atoms with Gasteiger partial charge in [-0.15, -0.1) is 0 Å². The van der Waals surface area contributed by atoms with E-state index in [1.54, 1.807) is 16.7 Å². The summed E-state index contributed by atoms with van der Waals surface area (Å²) in [7, 11) is 0. The van der Waals surface area contributed by atoms with E-state index < -0.39 is 0 Å². The molecule has 3 fully saturated rings. The Kier molecular flexibility index (Phi) is 5.76. The first-order valence-electron chi connectivity index (χ1n) is 15.4. The van der Waals surface area contributed by atoms with Gasteiger partial charge in [-0.05, 0) is 122 Å². The summed E-state index contributed by atoms with van der Waals surface area (Å²) < 4.78 is 7.59. The number of fused-ring (bicyclic) bond motifs is 2. The summed E-state index contributed by atoms with van der Waals surface area (Å²) in [5.74, 6) is 1.24. The van der Waals surface area contributed by atoms with Gasteiger partial charge in [0.25, 0.3) is 0 Å². The van der Waals surface area contributed by atoms with Crippen LogP contribution >= 0.6 is 0 Å². The first-order chi connectivity index (χ1) is 18.0. The van der Waals surface area contributed by atoms with Gasteiger partial charge in [0.05, 0.1) is 11.2 Å². The molecular formula is C35H45NO. The normalized spacial score (nSPS) is 38.2. The van der Waals surface area contributed by atoms with E-state index in [9.17, 15) is 0 Å². The van der Waals surface area contributed by atoms with E-state index in [1.807, 2.05) is 0 Å². The first kappa shape index (κ1) is 24.2. The zero-order valence-electron chi connectivity index (χ0n) is 23.3. The largest absolute Gasteiger partial charge is 0.359 e. The molecule has 0 aromatic heterocycles. The van der Waals surface area contributed by atoms with E-state index in [0.29, 0.717) is 17.9 Å². The van der Waals surface area contributed by atoms with Crippen LogP contribution in [0.5, 0.6) is 0 Å². The van der Waals surface area contributed by atoms with Crippen LogP contribution < -0.4 is 0 Å². The molecule has 2 saturated carbocycles. The van der Waals surface area contributed by atoms with Crippen LogP contribution in [0.1, 0.15) is 96.5 Å². The molecule has 2 aromatic carbocycles. The number of allylic oxidation sites excluding steroid dienone is 1. The Morgan fingerprint density at radius 2 is 1.76 bits per heavy atom. The summed E-state index contributed by atoms with van der Waals surface area (Å²) >= 11 is 0. The summed E-state index contributed by atoms with van der Waals surface area (Å²) in [6.45, 7) is 9.75. The Morgan fingerprint density at radius 3 is 2.57 bits per heavy atom. The molecule has 2 spiro atoms. The lowest BCUT2D eigenvalue weighted by molar-refractivity contribution is -0.141. The van der Waals surface area contributed by atoms with Crippen molar-refractivity contribution in [3.63, 3.8) is 0 Å². The highest BCUT2D eigenvalue weighted by Gasteiger charge is 2.66. The minimum absolute atomic E-state index is 0.000719. The lowest BCUT2D eigenvalue weighted by atomic mass is 9.58. The maximum atomic E-state index is 7.59. The fourth-order valence-corrected chi connectivity index (χ4v) is 9.72. The molecule has 1 unspecified atom stereocenters. The van der Waals surface area contributed by atoms with Gasteiger partial charge in [-0.25, -0.2) is 0 Å². The first-order valence-corrected chi connectivity index (χ1v) is 15.4. The van der Waals surface area contributed by atoms with Gasteiger partial charge in [0, 0.05) is 6.04 Å². The third-order valence-electron chi connectivity index (χ3n) is 11.4. The molecule has 0 radical (unpaired) electrons. The van der Waals surface area contributed by atoms with Crippen molar-refractivity contribution in [2.45, 2.75) is 108 Å².